The van der Waals surface area contributed by atoms with Crippen molar-refractivity contribution in [3.8, 4) is 0 Å². The predicted molar refractivity (Wildman–Crippen MR) is 61.9 cm³/mol. The Labute approximate surface area is 91.1 Å². The maximum Gasteiger partial charge on any atom is 0.0726 e. The standard InChI is InChI=1S/C11H20N4/c1-3-11(4-5-12-8-11)9-13-10-6-14-15(2)7-10/h6-7,12-13H,3-5,8-9H2,1-2H3. The molecule has 4 heteroatoms. The molecule has 15 heavy (non-hydrogen) atoms. The van der Waals surface area contributed by atoms with Gasteiger partial charge in [0.05, 0.1) is 11.9 Å². The number of hydrogen-bond acceptors (Lipinski definition) is 3. The Morgan fingerprint density at radius 3 is 3.07 bits per heavy atom. The van der Waals surface area contributed by atoms with Gasteiger partial charge in [0.15, 0.2) is 0 Å². The van der Waals surface area contributed by atoms with E-state index in [2.05, 4.69) is 22.7 Å². The van der Waals surface area contributed by atoms with Crippen LogP contribution in [0, 0.1) is 5.41 Å². The van der Waals surface area contributed by atoms with Gasteiger partial charge in [0.25, 0.3) is 0 Å². The molecule has 0 amide bonds. The zero-order chi connectivity index (χ0) is 10.7. The fourth-order valence-electron chi connectivity index (χ4n) is 2.18. The number of hydrogen-bond donors (Lipinski definition) is 2. The summed E-state index contributed by atoms with van der Waals surface area (Å²) in [5.41, 5.74) is 1.56. The number of nitrogens with zero attached hydrogens (tertiary/aromatic N) is 2. The summed E-state index contributed by atoms with van der Waals surface area (Å²) in [6.07, 6.45) is 6.40. The Hall–Kier alpha value is -1.03. The molecule has 1 aliphatic heterocycles. The van der Waals surface area contributed by atoms with Crippen LogP contribution >= 0.6 is 0 Å². The summed E-state index contributed by atoms with van der Waals surface area (Å²) >= 11 is 0. The third kappa shape index (κ3) is 2.31. The average molecular weight is 208 g/mol. The molecule has 0 aromatic carbocycles. The van der Waals surface area contributed by atoms with Crippen LogP contribution in [0.1, 0.15) is 19.8 Å². The van der Waals surface area contributed by atoms with Crippen molar-refractivity contribution in [3.63, 3.8) is 0 Å². The highest BCUT2D eigenvalue weighted by molar-refractivity contribution is 5.38. The first-order valence-corrected chi connectivity index (χ1v) is 5.67. The average Bonchev–Trinajstić information content (AvgIpc) is 2.85. The van der Waals surface area contributed by atoms with Crippen LogP contribution in [-0.2, 0) is 7.05 Å². The van der Waals surface area contributed by atoms with E-state index in [9.17, 15) is 0 Å². The van der Waals surface area contributed by atoms with E-state index in [-0.39, 0.29) is 0 Å². The lowest BCUT2D eigenvalue weighted by atomic mass is 9.84. The minimum Gasteiger partial charge on any atom is -0.382 e. The number of aromatic nitrogens is 2. The number of nitrogens with one attached hydrogen (secondary N) is 2. The van der Waals surface area contributed by atoms with E-state index in [1.165, 1.54) is 12.8 Å². The first kappa shape index (κ1) is 10.5. The molecule has 1 fully saturated rings. The van der Waals surface area contributed by atoms with Crippen molar-refractivity contribution < 1.29 is 0 Å². The Kier molecular flexibility index (Phi) is 2.95. The van der Waals surface area contributed by atoms with Crippen molar-refractivity contribution in [2.24, 2.45) is 12.5 Å². The fourth-order valence-corrected chi connectivity index (χ4v) is 2.18. The van der Waals surface area contributed by atoms with Crippen molar-refractivity contribution in [2.75, 3.05) is 25.0 Å². The molecule has 0 bridgehead atoms. The Balaban J connectivity index is 1.91. The third-order valence-electron chi connectivity index (χ3n) is 3.45. The van der Waals surface area contributed by atoms with Gasteiger partial charge in [-0.05, 0) is 19.4 Å². The maximum absolute atomic E-state index is 4.15. The zero-order valence-corrected chi connectivity index (χ0v) is 9.58. The van der Waals surface area contributed by atoms with E-state index < -0.39 is 0 Å². The lowest BCUT2D eigenvalue weighted by Crippen LogP contribution is -2.31. The number of rotatable bonds is 4. The topological polar surface area (TPSA) is 41.9 Å². The van der Waals surface area contributed by atoms with Gasteiger partial charge in [-0.3, -0.25) is 4.68 Å². The predicted octanol–water partition coefficient (Wildman–Crippen LogP) is 1.22. The molecule has 0 radical (unpaired) electrons. The van der Waals surface area contributed by atoms with Crippen LogP contribution in [0.4, 0.5) is 5.69 Å². The van der Waals surface area contributed by atoms with Crippen LogP contribution in [0.15, 0.2) is 12.4 Å². The van der Waals surface area contributed by atoms with Gasteiger partial charge < -0.3 is 10.6 Å². The smallest absolute Gasteiger partial charge is 0.0726 e. The van der Waals surface area contributed by atoms with Crippen LogP contribution in [-0.4, -0.2) is 29.4 Å². The van der Waals surface area contributed by atoms with Crippen LogP contribution < -0.4 is 10.6 Å². The third-order valence-corrected chi connectivity index (χ3v) is 3.45. The molecule has 2 N–H and O–H groups in total. The van der Waals surface area contributed by atoms with Gasteiger partial charge in [-0.15, -0.1) is 0 Å². The highest BCUT2D eigenvalue weighted by Crippen LogP contribution is 2.29. The van der Waals surface area contributed by atoms with Gasteiger partial charge in [0.2, 0.25) is 0 Å². The second kappa shape index (κ2) is 4.23. The maximum atomic E-state index is 4.15. The van der Waals surface area contributed by atoms with Crippen molar-refractivity contribution in [2.45, 2.75) is 19.8 Å². The fraction of sp³-hybridized carbons (Fsp3) is 0.727. The molecule has 0 saturated carbocycles. The van der Waals surface area contributed by atoms with Crippen LogP contribution in [0.5, 0.6) is 0 Å². The molecule has 84 valence electrons. The molecular weight excluding hydrogens is 188 g/mol. The van der Waals surface area contributed by atoms with Crippen molar-refractivity contribution in [3.05, 3.63) is 12.4 Å². The normalized spacial score (nSPS) is 25.7. The van der Waals surface area contributed by atoms with Crippen LogP contribution in [0.3, 0.4) is 0 Å². The van der Waals surface area contributed by atoms with E-state index in [1.807, 2.05) is 24.1 Å². The Morgan fingerprint density at radius 1 is 1.67 bits per heavy atom. The van der Waals surface area contributed by atoms with Crippen LogP contribution in [0.25, 0.3) is 0 Å². The van der Waals surface area contributed by atoms with E-state index in [1.54, 1.807) is 0 Å². The summed E-state index contributed by atoms with van der Waals surface area (Å²) in [7, 11) is 1.94. The van der Waals surface area contributed by atoms with Crippen LogP contribution in [0.2, 0.25) is 0 Å². The van der Waals surface area contributed by atoms with Gasteiger partial charge in [0, 0.05) is 31.7 Å². The minimum atomic E-state index is 0.440. The highest BCUT2D eigenvalue weighted by atomic mass is 15.3. The first-order chi connectivity index (χ1) is 7.24. The van der Waals surface area contributed by atoms with Crippen molar-refractivity contribution >= 4 is 5.69 Å². The summed E-state index contributed by atoms with van der Waals surface area (Å²) in [4.78, 5) is 0. The minimum absolute atomic E-state index is 0.440. The largest absolute Gasteiger partial charge is 0.382 e. The summed E-state index contributed by atoms with van der Waals surface area (Å²) in [5, 5.41) is 11.1. The van der Waals surface area contributed by atoms with E-state index in [4.69, 9.17) is 0 Å². The van der Waals surface area contributed by atoms with Crippen molar-refractivity contribution in [1.82, 2.24) is 15.1 Å². The molecular formula is C11H20N4. The lowest BCUT2D eigenvalue weighted by molar-refractivity contribution is 0.333. The Morgan fingerprint density at radius 2 is 2.53 bits per heavy atom. The highest BCUT2D eigenvalue weighted by Gasteiger charge is 2.31. The van der Waals surface area contributed by atoms with Gasteiger partial charge in [-0.1, -0.05) is 6.92 Å². The van der Waals surface area contributed by atoms with Gasteiger partial charge in [-0.25, -0.2) is 0 Å². The molecule has 1 aliphatic rings. The zero-order valence-electron chi connectivity index (χ0n) is 9.58. The molecule has 1 aromatic rings. The molecule has 2 rings (SSSR count). The number of anilines is 1. The molecule has 1 unspecified atom stereocenters. The van der Waals surface area contributed by atoms with Crippen molar-refractivity contribution in [1.29, 1.82) is 0 Å². The molecule has 4 nitrogen and oxygen atoms in total. The summed E-state index contributed by atoms with van der Waals surface area (Å²) in [6, 6.07) is 0. The molecule has 1 atom stereocenters. The first-order valence-electron chi connectivity index (χ1n) is 5.67. The van der Waals surface area contributed by atoms with Gasteiger partial charge in [0.1, 0.15) is 0 Å². The molecule has 1 saturated heterocycles. The summed E-state index contributed by atoms with van der Waals surface area (Å²) < 4.78 is 1.83. The SMILES string of the molecule is CCC1(CNc2cnn(C)c2)CCNC1. The second-order valence-corrected chi connectivity index (χ2v) is 4.54. The van der Waals surface area contributed by atoms with E-state index in [0.717, 1.165) is 25.3 Å². The summed E-state index contributed by atoms with van der Waals surface area (Å²) in [5.74, 6) is 0. The Bertz CT molecular complexity index is 312. The van der Waals surface area contributed by atoms with E-state index in [0.29, 0.717) is 5.41 Å². The van der Waals surface area contributed by atoms with Gasteiger partial charge in [-0.2, -0.15) is 5.10 Å². The van der Waals surface area contributed by atoms with E-state index >= 15 is 0 Å². The summed E-state index contributed by atoms with van der Waals surface area (Å²) in [6.45, 7) is 5.61. The molecule has 1 aromatic heterocycles. The molecule has 2 heterocycles. The monoisotopic (exact) mass is 208 g/mol. The lowest BCUT2D eigenvalue weighted by Gasteiger charge is -2.26. The van der Waals surface area contributed by atoms with Gasteiger partial charge >= 0.3 is 0 Å². The second-order valence-electron chi connectivity index (χ2n) is 4.54. The molecule has 0 spiro atoms. The number of aryl methyl sites for hydroxylation is 1. The molecule has 0 aliphatic carbocycles. The quantitative estimate of drug-likeness (QED) is 0.782.